The van der Waals surface area contributed by atoms with Crippen LogP contribution in [0, 0.1) is 12.7 Å². The average Bonchev–Trinajstić information content (AvgIpc) is 2.38. The normalized spacial score (nSPS) is 11.4. The molecule has 0 saturated carbocycles. The second kappa shape index (κ2) is 5.57. The first kappa shape index (κ1) is 14.4. The topological polar surface area (TPSA) is 9.23 Å². The fourth-order valence-electron chi connectivity index (χ4n) is 1.78. The fourth-order valence-corrected chi connectivity index (χ4v) is 1.78. The summed E-state index contributed by atoms with van der Waals surface area (Å²) in [5.74, 6) is 0.0415. The molecule has 0 N–H and O–H groups in total. The average molecular weight is 283 g/mol. The highest BCUT2D eigenvalue weighted by atomic mass is 19.4. The summed E-state index contributed by atoms with van der Waals surface area (Å²) >= 11 is 0. The van der Waals surface area contributed by atoms with Crippen molar-refractivity contribution in [3.05, 3.63) is 59.4 Å². The first-order valence-electron chi connectivity index (χ1n) is 6.04. The monoisotopic (exact) mass is 283 g/mol. The summed E-state index contributed by atoms with van der Waals surface area (Å²) in [6.07, 6.45) is 0. The van der Waals surface area contributed by atoms with Gasteiger partial charge in [-0.15, -0.1) is 5.46 Å². The van der Waals surface area contributed by atoms with E-state index in [1.807, 2.05) is 0 Å². The smallest absolute Gasteiger partial charge is 0.489 e. The van der Waals surface area contributed by atoms with Gasteiger partial charge in [0.25, 0.3) is 0 Å². The Morgan fingerprint density at radius 3 is 2.20 bits per heavy atom. The molecule has 1 nitrogen and oxygen atoms in total. The third-order valence-electron chi connectivity index (χ3n) is 2.88. The summed E-state index contributed by atoms with van der Waals surface area (Å²) in [5.41, 5.74) is 0.523. The first-order chi connectivity index (χ1) is 9.36. The van der Waals surface area contributed by atoms with E-state index in [-0.39, 0.29) is 12.4 Å². The fraction of sp³-hybridized carbons (Fsp3) is 0.143. The Balaban J connectivity index is 2.08. The molecule has 0 heterocycles. The Labute approximate surface area is 114 Å². The van der Waals surface area contributed by atoms with E-state index in [0.29, 0.717) is 11.3 Å². The standard InChI is InChI=1S/C14H12BF4O/c1-10-8-12(15(17,18)19)4-7-14(10)20-9-11-2-5-13(16)6-3-11/h2-8H,9H2,1H3/q-1. The molecule has 2 aromatic rings. The van der Waals surface area contributed by atoms with Crippen LogP contribution in [0.15, 0.2) is 42.5 Å². The number of ether oxygens (including phenoxy) is 1. The maximum absolute atomic E-state index is 12.7. The molecule has 0 atom stereocenters. The van der Waals surface area contributed by atoms with E-state index in [4.69, 9.17) is 4.74 Å². The molecule has 0 aromatic heterocycles. The second-order valence-electron chi connectivity index (χ2n) is 4.51. The summed E-state index contributed by atoms with van der Waals surface area (Å²) in [6.45, 7) is -3.26. The quantitative estimate of drug-likeness (QED) is 0.613. The van der Waals surface area contributed by atoms with Crippen molar-refractivity contribution >= 4 is 12.4 Å². The predicted molar refractivity (Wildman–Crippen MR) is 70.6 cm³/mol. The van der Waals surface area contributed by atoms with Gasteiger partial charge in [0.05, 0.1) is 0 Å². The van der Waals surface area contributed by atoms with Crippen molar-refractivity contribution in [1.29, 1.82) is 0 Å². The van der Waals surface area contributed by atoms with Crippen LogP contribution in [0.1, 0.15) is 11.1 Å². The van der Waals surface area contributed by atoms with Crippen molar-refractivity contribution in [2.45, 2.75) is 13.5 Å². The van der Waals surface area contributed by atoms with Crippen LogP contribution in [0.2, 0.25) is 0 Å². The molecule has 0 bridgehead atoms. The van der Waals surface area contributed by atoms with Crippen LogP contribution in [0.25, 0.3) is 0 Å². The second-order valence-corrected chi connectivity index (χ2v) is 4.51. The van der Waals surface area contributed by atoms with E-state index in [1.54, 1.807) is 19.1 Å². The molecule has 20 heavy (non-hydrogen) atoms. The first-order valence-corrected chi connectivity index (χ1v) is 6.04. The number of aryl methyl sites for hydroxylation is 1. The van der Waals surface area contributed by atoms with Gasteiger partial charge < -0.3 is 17.7 Å². The molecule has 0 aliphatic rings. The molecule has 0 radical (unpaired) electrons. The summed E-state index contributed by atoms with van der Waals surface area (Å²) < 4.78 is 55.9. The largest absolute Gasteiger partial charge is 0.509 e. The van der Waals surface area contributed by atoms with Gasteiger partial charge in [-0.05, 0) is 36.2 Å². The maximum atomic E-state index is 12.7. The van der Waals surface area contributed by atoms with Crippen molar-refractivity contribution in [2.24, 2.45) is 0 Å². The molecule has 6 heteroatoms. The van der Waals surface area contributed by atoms with Crippen LogP contribution in [0.4, 0.5) is 17.3 Å². The molecule has 0 unspecified atom stereocenters. The maximum Gasteiger partial charge on any atom is 0.509 e. The SMILES string of the molecule is Cc1cc([B-](F)(F)F)ccc1OCc1ccc(F)cc1. The number of hydrogen-bond acceptors (Lipinski definition) is 1. The van der Waals surface area contributed by atoms with Crippen LogP contribution in [0.5, 0.6) is 5.75 Å². The van der Waals surface area contributed by atoms with Gasteiger partial charge in [0.15, 0.2) is 0 Å². The summed E-state index contributed by atoms with van der Waals surface area (Å²) in [7, 11) is 0. The van der Waals surface area contributed by atoms with E-state index in [1.165, 1.54) is 18.2 Å². The van der Waals surface area contributed by atoms with Crippen molar-refractivity contribution in [3.8, 4) is 5.75 Å². The lowest BCUT2D eigenvalue weighted by molar-refractivity contribution is 0.304. The van der Waals surface area contributed by atoms with E-state index < -0.39 is 12.4 Å². The zero-order valence-corrected chi connectivity index (χ0v) is 10.7. The van der Waals surface area contributed by atoms with Gasteiger partial charge >= 0.3 is 6.98 Å². The van der Waals surface area contributed by atoms with Crippen molar-refractivity contribution < 1.29 is 22.1 Å². The molecule has 0 aliphatic heterocycles. The van der Waals surface area contributed by atoms with Crippen LogP contribution in [-0.2, 0) is 6.61 Å². The Morgan fingerprint density at radius 1 is 1.00 bits per heavy atom. The molecule has 106 valence electrons. The highest BCUT2D eigenvalue weighted by Crippen LogP contribution is 2.20. The minimum Gasteiger partial charge on any atom is -0.489 e. The van der Waals surface area contributed by atoms with Crippen LogP contribution < -0.4 is 10.2 Å². The van der Waals surface area contributed by atoms with Gasteiger partial charge in [-0.2, -0.15) is 0 Å². The Bertz CT molecular complexity index is 593. The number of benzene rings is 2. The van der Waals surface area contributed by atoms with Crippen LogP contribution >= 0.6 is 0 Å². The molecule has 2 aromatic carbocycles. The summed E-state index contributed by atoms with van der Waals surface area (Å²) in [6, 6.07) is 9.13. The molecule has 0 amide bonds. The van der Waals surface area contributed by atoms with Gasteiger partial charge in [-0.3, -0.25) is 0 Å². The molecule has 0 aliphatic carbocycles. The predicted octanol–water partition coefficient (Wildman–Crippen LogP) is 3.77. The van der Waals surface area contributed by atoms with Crippen molar-refractivity contribution in [2.75, 3.05) is 0 Å². The number of hydrogen-bond donors (Lipinski definition) is 0. The molecule has 0 spiro atoms. The zero-order valence-electron chi connectivity index (χ0n) is 10.7. The molecule has 2 rings (SSSR count). The Hall–Kier alpha value is -1.98. The van der Waals surface area contributed by atoms with Gasteiger partial charge in [0.2, 0.25) is 0 Å². The summed E-state index contributed by atoms with van der Waals surface area (Å²) in [4.78, 5) is 0. The van der Waals surface area contributed by atoms with E-state index in [9.17, 15) is 17.3 Å². The highest BCUT2D eigenvalue weighted by Gasteiger charge is 2.25. The molecular weight excluding hydrogens is 271 g/mol. The number of rotatable bonds is 4. The lowest BCUT2D eigenvalue weighted by atomic mass is 9.79. The van der Waals surface area contributed by atoms with Crippen LogP contribution in [0.3, 0.4) is 0 Å². The van der Waals surface area contributed by atoms with Gasteiger partial charge in [0, 0.05) is 0 Å². The van der Waals surface area contributed by atoms with E-state index in [2.05, 4.69) is 0 Å². The lowest BCUT2D eigenvalue weighted by Gasteiger charge is -2.17. The lowest BCUT2D eigenvalue weighted by Crippen LogP contribution is -2.34. The number of halogens is 4. The zero-order chi connectivity index (χ0) is 14.8. The molecular formula is C14H12BF4O-. The van der Waals surface area contributed by atoms with Crippen LogP contribution in [-0.4, -0.2) is 6.98 Å². The van der Waals surface area contributed by atoms with Crippen molar-refractivity contribution in [1.82, 2.24) is 0 Å². The van der Waals surface area contributed by atoms with Gasteiger partial charge in [0.1, 0.15) is 18.2 Å². The minimum atomic E-state index is -5.00. The van der Waals surface area contributed by atoms with E-state index >= 15 is 0 Å². The van der Waals surface area contributed by atoms with Gasteiger partial charge in [-0.1, -0.05) is 24.3 Å². The van der Waals surface area contributed by atoms with Gasteiger partial charge in [-0.25, -0.2) is 4.39 Å². The van der Waals surface area contributed by atoms with Crippen molar-refractivity contribution in [3.63, 3.8) is 0 Å². The third kappa shape index (κ3) is 3.53. The summed E-state index contributed by atoms with van der Waals surface area (Å²) in [5, 5.41) is 0. The highest BCUT2D eigenvalue weighted by molar-refractivity contribution is 6.73. The molecule has 0 fully saturated rings. The minimum absolute atomic E-state index is 0.178. The molecule has 0 saturated heterocycles. The van der Waals surface area contributed by atoms with E-state index in [0.717, 1.165) is 17.7 Å². The third-order valence-corrected chi connectivity index (χ3v) is 2.88. The Morgan fingerprint density at radius 2 is 1.65 bits per heavy atom. The Kier molecular flexibility index (Phi) is 4.02.